The van der Waals surface area contributed by atoms with Crippen LogP contribution in [0.5, 0.6) is 0 Å². The van der Waals surface area contributed by atoms with Crippen LogP contribution in [0.15, 0.2) is 24.3 Å². The highest BCUT2D eigenvalue weighted by atomic mass is 16.4. The van der Waals surface area contributed by atoms with E-state index < -0.39 is 23.1 Å². The van der Waals surface area contributed by atoms with Gasteiger partial charge in [-0.05, 0) is 54.4 Å². The van der Waals surface area contributed by atoms with Gasteiger partial charge in [0.2, 0.25) is 0 Å². The third-order valence-electron chi connectivity index (χ3n) is 3.06. The van der Waals surface area contributed by atoms with E-state index in [0.717, 1.165) is 38.5 Å². The average molecular weight is 375 g/mol. The Labute approximate surface area is 158 Å². The predicted octanol–water partition coefficient (Wildman–Crippen LogP) is 4.16. The first-order valence-electron chi connectivity index (χ1n) is 8.72. The highest BCUT2D eigenvalue weighted by molar-refractivity contribution is 5.85. The summed E-state index contributed by atoms with van der Waals surface area (Å²) in [6, 6.07) is 0. The van der Waals surface area contributed by atoms with Crippen molar-refractivity contribution in [1.82, 2.24) is 0 Å². The zero-order valence-electron chi connectivity index (χ0n) is 17.3. The van der Waals surface area contributed by atoms with E-state index in [4.69, 9.17) is 10.2 Å². The molecule has 0 saturated heterocycles. The fraction of sp³-hybridized carbons (Fsp3) is 0.700. The summed E-state index contributed by atoms with van der Waals surface area (Å²) in [6.45, 7) is 16.6. The molecule has 0 atom stereocenters. The number of unbranched alkanes of at least 4 members (excludes halogenated alkanes) is 3. The number of aliphatic hydroxyl groups is 2. The van der Waals surface area contributed by atoms with Crippen molar-refractivity contribution in [3.05, 3.63) is 24.3 Å². The first-order valence-corrected chi connectivity index (χ1v) is 8.72. The Bertz CT molecular complexity index is 372. The van der Waals surface area contributed by atoms with Crippen molar-refractivity contribution >= 4 is 11.9 Å². The van der Waals surface area contributed by atoms with Crippen molar-refractivity contribution in [3.63, 3.8) is 0 Å². The fourth-order valence-electron chi connectivity index (χ4n) is 1.47. The summed E-state index contributed by atoms with van der Waals surface area (Å²) in [7, 11) is 0. The van der Waals surface area contributed by atoms with Gasteiger partial charge in [0.1, 0.15) is 0 Å². The van der Waals surface area contributed by atoms with Crippen molar-refractivity contribution in [3.8, 4) is 0 Å². The molecule has 0 rings (SSSR count). The minimum atomic E-state index is -0.935. The van der Waals surface area contributed by atoms with E-state index >= 15 is 0 Å². The van der Waals surface area contributed by atoms with Crippen molar-refractivity contribution in [1.29, 1.82) is 0 Å². The van der Waals surface area contributed by atoms with Crippen LogP contribution in [0.4, 0.5) is 0 Å². The van der Waals surface area contributed by atoms with Gasteiger partial charge in [0.05, 0.1) is 11.2 Å². The monoisotopic (exact) mass is 374 g/mol. The standard InChI is InChI=1S/C12H26O2.2C4H6O2/c1-11(2,13)9-7-5-6-8-10-12(3,4)14;2*1-3(2)4(5)6/h13-14H,5-10H2,1-4H3;2*1H2,2H3,(H,5,6). The van der Waals surface area contributed by atoms with Crippen LogP contribution in [0.25, 0.3) is 0 Å². The number of hydrogen-bond acceptors (Lipinski definition) is 4. The molecule has 6 heteroatoms. The van der Waals surface area contributed by atoms with Crippen LogP contribution in [-0.4, -0.2) is 43.6 Å². The Morgan fingerprint density at radius 2 is 0.885 bits per heavy atom. The number of hydrogen-bond donors (Lipinski definition) is 4. The minimum Gasteiger partial charge on any atom is -0.478 e. The van der Waals surface area contributed by atoms with Gasteiger partial charge in [0.25, 0.3) is 0 Å². The summed E-state index contributed by atoms with van der Waals surface area (Å²) in [4.78, 5) is 19.2. The van der Waals surface area contributed by atoms with Crippen molar-refractivity contribution in [2.45, 2.75) is 91.3 Å². The number of carboxylic acids is 2. The molecule has 0 aromatic rings. The molecule has 0 bridgehead atoms. The Kier molecular flexibility index (Phi) is 16.2. The van der Waals surface area contributed by atoms with Crippen LogP contribution in [-0.2, 0) is 9.59 Å². The summed E-state index contributed by atoms with van der Waals surface area (Å²) in [5.74, 6) is -1.87. The highest BCUT2D eigenvalue weighted by Gasteiger charge is 2.12. The van der Waals surface area contributed by atoms with Gasteiger partial charge in [-0.3, -0.25) is 0 Å². The molecule has 0 unspecified atom stereocenters. The first kappa shape index (κ1) is 29.1. The lowest BCUT2D eigenvalue weighted by Gasteiger charge is -2.18. The van der Waals surface area contributed by atoms with Gasteiger partial charge < -0.3 is 20.4 Å². The van der Waals surface area contributed by atoms with Crippen molar-refractivity contribution < 1.29 is 30.0 Å². The Hall–Kier alpha value is -1.66. The van der Waals surface area contributed by atoms with E-state index in [9.17, 15) is 19.8 Å². The molecule has 0 aliphatic rings. The van der Waals surface area contributed by atoms with Crippen LogP contribution in [0.2, 0.25) is 0 Å². The van der Waals surface area contributed by atoms with Gasteiger partial charge in [-0.1, -0.05) is 38.8 Å². The molecule has 0 aliphatic heterocycles. The zero-order chi connectivity index (χ0) is 21.6. The maximum absolute atomic E-state index is 9.60. The van der Waals surface area contributed by atoms with Gasteiger partial charge >= 0.3 is 11.9 Å². The third kappa shape index (κ3) is 33.8. The lowest BCUT2D eigenvalue weighted by Crippen LogP contribution is -2.18. The summed E-state index contributed by atoms with van der Waals surface area (Å²) in [6.07, 6.45) is 6.20. The number of carboxylic acid groups (broad SMARTS) is 2. The van der Waals surface area contributed by atoms with E-state index in [-0.39, 0.29) is 11.1 Å². The number of rotatable bonds is 9. The molecular formula is C20H38O6. The maximum atomic E-state index is 9.60. The molecule has 4 N–H and O–H groups in total. The van der Waals surface area contributed by atoms with Crippen molar-refractivity contribution in [2.24, 2.45) is 0 Å². The second-order valence-electron chi connectivity index (χ2n) is 7.71. The predicted molar refractivity (Wildman–Crippen MR) is 105 cm³/mol. The summed E-state index contributed by atoms with van der Waals surface area (Å²) in [5.41, 5.74) is -0.683. The Balaban J connectivity index is -0.000000364. The molecular weight excluding hydrogens is 336 g/mol. The quantitative estimate of drug-likeness (QED) is 0.356. The summed E-state index contributed by atoms with van der Waals surface area (Å²) < 4.78 is 0. The van der Waals surface area contributed by atoms with E-state index in [1.54, 1.807) is 0 Å². The van der Waals surface area contributed by atoms with E-state index in [2.05, 4.69) is 13.2 Å². The van der Waals surface area contributed by atoms with Gasteiger partial charge in [-0.2, -0.15) is 0 Å². The van der Waals surface area contributed by atoms with Gasteiger partial charge in [0, 0.05) is 11.1 Å². The van der Waals surface area contributed by atoms with E-state index in [0.29, 0.717) is 0 Å². The second-order valence-corrected chi connectivity index (χ2v) is 7.71. The molecule has 0 heterocycles. The molecule has 0 spiro atoms. The molecule has 0 fully saturated rings. The molecule has 0 aliphatic carbocycles. The maximum Gasteiger partial charge on any atom is 0.330 e. The lowest BCUT2D eigenvalue weighted by atomic mass is 9.97. The highest BCUT2D eigenvalue weighted by Crippen LogP contribution is 2.17. The van der Waals surface area contributed by atoms with Gasteiger partial charge in [-0.15, -0.1) is 0 Å². The number of carbonyl (C=O) groups is 2. The zero-order valence-corrected chi connectivity index (χ0v) is 17.3. The molecule has 0 amide bonds. The topological polar surface area (TPSA) is 115 Å². The molecule has 0 aromatic heterocycles. The molecule has 154 valence electrons. The van der Waals surface area contributed by atoms with Crippen LogP contribution in [0.1, 0.15) is 80.1 Å². The second kappa shape index (κ2) is 14.5. The lowest BCUT2D eigenvalue weighted by molar-refractivity contribution is -0.133. The van der Waals surface area contributed by atoms with Crippen LogP contribution in [0.3, 0.4) is 0 Å². The smallest absolute Gasteiger partial charge is 0.330 e. The van der Waals surface area contributed by atoms with Crippen LogP contribution < -0.4 is 0 Å². The summed E-state index contributed by atoms with van der Waals surface area (Å²) in [5, 5.41) is 34.7. The molecule has 26 heavy (non-hydrogen) atoms. The van der Waals surface area contributed by atoms with Crippen LogP contribution >= 0.6 is 0 Å². The fourth-order valence-corrected chi connectivity index (χ4v) is 1.47. The molecule has 0 radical (unpaired) electrons. The van der Waals surface area contributed by atoms with Crippen molar-refractivity contribution in [2.75, 3.05) is 0 Å². The van der Waals surface area contributed by atoms with E-state index in [1.165, 1.54) is 13.8 Å². The third-order valence-corrected chi connectivity index (χ3v) is 3.06. The average Bonchev–Trinajstić information content (AvgIpc) is 2.41. The normalized spacial score (nSPS) is 10.6. The summed E-state index contributed by atoms with van der Waals surface area (Å²) >= 11 is 0. The van der Waals surface area contributed by atoms with Crippen LogP contribution in [0, 0.1) is 0 Å². The Morgan fingerprint density at radius 3 is 1.00 bits per heavy atom. The largest absolute Gasteiger partial charge is 0.478 e. The SMILES string of the molecule is C=C(C)C(=O)O.C=C(C)C(=O)O.CC(C)(O)CCCCCCC(C)(C)O. The number of aliphatic carboxylic acids is 2. The van der Waals surface area contributed by atoms with E-state index in [1.807, 2.05) is 27.7 Å². The first-order chi connectivity index (χ1) is 11.5. The van der Waals surface area contributed by atoms with Gasteiger partial charge in [-0.25, -0.2) is 9.59 Å². The van der Waals surface area contributed by atoms with Gasteiger partial charge in [0.15, 0.2) is 0 Å². The molecule has 0 aromatic carbocycles. The molecule has 0 saturated carbocycles. The Morgan fingerprint density at radius 1 is 0.692 bits per heavy atom. The minimum absolute atomic E-state index is 0.176. The molecule has 6 nitrogen and oxygen atoms in total.